The zero-order valence-electron chi connectivity index (χ0n) is 20.7. The monoisotopic (exact) mass is 526 g/mol. The average molecular weight is 527 g/mol. The van der Waals surface area contributed by atoms with Crippen molar-refractivity contribution in [1.29, 1.82) is 0 Å². The number of hydrogen-bond donors (Lipinski definition) is 0. The highest BCUT2D eigenvalue weighted by molar-refractivity contribution is 7.97. The molecule has 0 radical (unpaired) electrons. The summed E-state index contributed by atoms with van der Waals surface area (Å²) in [6, 6.07) is 7.11. The van der Waals surface area contributed by atoms with E-state index < -0.39 is 21.4 Å². The van der Waals surface area contributed by atoms with Crippen LogP contribution in [0.1, 0.15) is 43.6 Å². The van der Waals surface area contributed by atoms with Crippen LogP contribution in [0.3, 0.4) is 0 Å². The molecule has 0 N–H and O–H groups in total. The Balaban J connectivity index is 1.94. The first-order chi connectivity index (χ1) is 16.3. The van der Waals surface area contributed by atoms with Crippen molar-refractivity contribution in [3.8, 4) is 11.1 Å². The molecule has 0 fully saturated rings. The number of pyridine rings is 1. The van der Waals surface area contributed by atoms with Gasteiger partial charge in [0, 0.05) is 57.4 Å². The van der Waals surface area contributed by atoms with Gasteiger partial charge < -0.3 is 4.57 Å². The van der Waals surface area contributed by atoms with Crippen LogP contribution >= 0.6 is 11.3 Å². The van der Waals surface area contributed by atoms with Crippen LogP contribution in [-0.4, -0.2) is 38.3 Å². The van der Waals surface area contributed by atoms with Crippen molar-refractivity contribution in [2.75, 3.05) is 19.3 Å². The lowest BCUT2D eigenvalue weighted by Crippen LogP contribution is -2.32. The van der Waals surface area contributed by atoms with Crippen molar-refractivity contribution >= 4 is 37.0 Å². The maximum absolute atomic E-state index is 13.3. The molecular formula is C26H33F3N2O2S2. The summed E-state index contributed by atoms with van der Waals surface area (Å²) in [7, 11) is -0.654. The largest absolute Gasteiger partial charge is 0.416 e. The Labute approximate surface area is 209 Å². The van der Waals surface area contributed by atoms with E-state index >= 15 is 0 Å². The zero-order valence-corrected chi connectivity index (χ0v) is 22.3. The van der Waals surface area contributed by atoms with Crippen molar-refractivity contribution in [2.45, 2.75) is 45.7 Å². The fourth-order valence-electron chi connectivity index (χ4n) is 4.28. The SMILES string of the molecule is C=S(C)(=O)N(CCC)CCC(CC)Cc1cc2c(=O)n(C)cc(-c3cccc(C(F)(F)F)c3)c2s1. The Hall–Kier alpha value is -2.10. The standard InChI is InChI=1S/C26H33F3N2O2S2/c1-6-12-31(35(4,5)33)13-11-18(7-2)14-21-16-22-24(34-21)23(17-30(3)25(22)32)19-9-8-10-20(15-19)26(27,28)29/h8-10,15-18H,4,6-7,11-14H2,1-3,5H3. The second-order valence-electron chi connectivity index (χ2n) is 9.15. The zero-order chi connectivity index (χ0) is 26.0. The number of hydrogen-bond acceptors (Lipinski definition) is 3. The van der Waals surface area contributed by atoms with Gasteiger partial charge in [-0.2, -0.15) is 13.2 Å². The van der Waals surface area contributed by atoms with E-state index in [1.165, 1.54) is 22.0 Å². The lowest BCUT2D eigenvalue weighted by Gasteiger charge is -2.25. The first-order valence-electron chi connectivity index (χ1n) is 11.7. The molecule has 1 aromatic carbocycles. The minimum Gasteiger partial charge on any atom is -0.317 e. The van der Waals surface area contributed by atoms with E-state index in [9.17, 15) is 22.2 Å². The predicted octanol–water partition coefficient (Wildman–Crippen LogP) is 6.22. The topological polar surface area (TPSA) is 42.3 Å². The molecule has 0 saturated carbocycles. The van der Waals surface area contributed by atoms with Gasteiger partial charge in [-0.25, -0.2) is 4.31 Å². The van der Waals surface area contributed by atoms with Gasteiger partial charge in [0.25, 0.3) is 5.56 Å². The van der Waals surface area contributed by atoms with Crippen LogP contribution in [0.15, 0.2) is 41.3 Å². The smallest absolute Gasteiger partial charge is 0.317 e. The van der Waals surface area contributed by atoms with Crippen LogP contribution < -0.4 is 5.56 Å². The molecule has 2 atom stereocenters. The number of rotatable bonds is 10. The molecule has 0 aliphatic heterocycles. The van der Waals surface area contributed by atoms with Crippen molar-refractivity contribution in [3.63, 3.8) is 0 Å². The predicted molar refractivity (Wildman–Crippen MR) is 143 cm³/mol. The first-order valence-corrected chi connectivity index (χ1v) is 14.6. The third-order valence-corrected chi connectivity index (χ3v) is 8.92. The highest BCUT2D eigenvalue weighted by atomic mass is 32.2. The van der Waals surface area contributed by atoms with E-state index in [1.807, 2.05) is 10.4 Å². The van der Waals surface area contributed by atoms with Crippen LogP contribution in [0.25, 0.3) is 21.2 Å². The lowest BCUT2D eigenvalue weighted by atomic mass is 9.97. The third-order valence-electron chi connectivity index (χ3n) is 6.28. The summed E-state index contributed by atoms with van der Waals surface area (Å²) in [4.78, 5) is 13.9. The van der Waals surface area contributed by atoms with Gasteiger partial charge in [0.1, 0.15) is 0 Å². The van der Waals surface area contributed by atoms with Crippen LogP contribution in [0, 0.1) is 5.92 Å². The van der Waals surface area contributed by atoms with E-state index in [-0.39, 0.29) is 5.56 Å². The van der Waals surface area contributed by atoms with Gasteiger partial charge in [-0.1, -0.05) is 32.4 Å². The molecule has 3 aromatic rings. The molecule has 0 saturated heterocycles. The maximum atomic E-state index is 13.3. The van der Waals surface area contributed by atoms with E-state index in [4.69, 9.17) is 0 Å². The van der Waals surface area contributed by atoms with Gasteiger partial charge in [-0.05, 0) is 54.8 Å². The van der Waals surface area contributed by atoms with Gasteiger partial charge in [0.05, 0.1) is 10.9 Å². The molecular weight excluding hydrogens is 493 g/mol. The molecule has 35 heavy (non-hydrogen) atoms. The number of aromatic nitrogens is 1. The maximum Gasteiger partial charge on any atom is 0.416 e. The fourth-order valence-corrected chi connectivity index (χ4v) is 6.64. The van der Waals surface area contributed by atoms with Gasteiger partial charge >= 0.3 is 6.18 Å². The molecule has 192 valence electrons. The molecule has 4 nitrogen and oxygen atoms in total. The van der Waals surface area contributed by atoms with Crippen LogP contribution in [0.2, 0.25) is 0 Å². The molecule has 2 heterocycles. The summed E-state index contributed by atoms with van der Waals surface area (Å²) in [6.07, 6.45) is 2.27. The highest BCUT2D eigenvalue weighted by Gasteiger charge is 2.30. The molecule has 3 rings (SSSR count). The molecule has 0 bridgehead atoms. The number of alkyl halides is 3. The van der Waals surface area contributed by atoms with Gasteiger partial charge in [0.2, 0.25) is 0 Å². The fraction of sp³-hybridized carbons (Fsp3) is 0.462. The summed E-state index contributed by atoms with van der Waals surface area (Å²) in [5.41, 5.74) is 0.177. The van der Waals surface area contributed by atoms with Crippen LogP contribution in [-0.2, 0) is 29.4 Å². The number of halogens is 3. The molecule has 9 heteroatoms. The molecule has 0 aliphatic carbocycles. The molecule has 2 aromatic heterocycles. The number of thiophene rings is 1. The molecule has 2 unspecified atom stereocenters. The quantitative estimate of drug-likeness (QED) is 0.295. The second kappa shape index (κ2) is 10.9. The Morgan fingerprint density at radius 2 is 1.91 bits per heavy atom. The Kier molecular flexibility index (Phi) is 8.55. The van der Waals surface area contributed by atoms with Crippen LogP contribution in [0.5, 0.6) is 0 Å². The second-order valence-corrected chi connectivity index (χ2v) is 12.7. The van der Waals surface area contributed by atoms with Crippen molar-refractivity contribution < 1.29 is 17.4 Å². The molecule has 0 aliphatic rings. The molecule has 0 amide bonds. The Bertz CT molecular complexity index is 1340. The Morgan fingerprint density at radius 1 is 1.20 bits per heavy atom. The van der Waals surface area contributed by atoms with Crippen LogP contribution in [0.4, 0.5) is 13.2 Å². The third kappa shape index (κ3) is 6.57. The van der Waals surface area contributed by atoms with Crippen molar-refractivity contribution in [2.24, 2.45) is 13.0 Å². The normalized spacial score (nSPS) is 15.0. The first kappa shape index (κ1) is 27.5. The van der Waals surface area contributed by atoms with Gasteiger partial charge in [0.15, 0.2) is 0 Å². The average Bonchev–Trinajstić information content (AvgIpc) is 3.20. The summed E-state index contributed by atoms with van der Waals surface area (Å²) in [5, 5.41) is 0.527. The van der Waals surface area contributed by atoms with E-state index in [1.54, 1.807) is 25.6 Å². The molecule has 0 spiro atoms. The summed E-state index contributed by atoms with van der Waals surface area (Å²) < 4.78 is 56.5. The van der Waals surface area contributed by atoms with E-state index in [0.717, 1.165) is 49.2 Å². The van der Waals surface area contributed by atoms with Crippen molar-refractivity contribution in [3.05, 3.63) is 57.3 Å². The number of benzene rings is 1. The number of aryl methyl sites for hydroxylation is 1. The minimum absolute atomic E-state index is 0.164. The highest BCUT2D eigenvalue weighted by Crippen LogP contribution is 2.37. The minimum atomic E-state index is -4.44. The van der Waals surface area contributed by atoms with E-state index in [2.05, 4.69) is 19.7 Å². The van der Waals surface area contributed by atoms with Gasteiger partial charge in [-0.15, -0.1) is 11.3 Å². The number of fused-ring (bicyclic) bond motifs is 1. The summed E-state index contributed by atoms with van der Waals surface area (Å²) in [6.45, 7) is 5.58. The number of nitrogens with zero attached hydrogens (tertiary/aromatic N) is 2. The Morgan fingerprint density at radius 3 is 2.51 bits per heavy atom. The van der Waals surface area contributed by atoms with E-state index in [0.29, 0.717) is 33.7 Å². The lowest BCUT2D eigenvalue weighted by molar-refractivity contribution is -0.137. The van der Waals surface area contributed by atoms with Crippen molar-refractivity contribution in [1.82, 2.24) is 8.87 Å². The summed E-state index contributed by atoms with van der Waals surface area (Å²) >= 11 is 1.47. The summed E-state index contributed by atoms with van der Waals surface area (Å²) in [5.74, 6) is 4.16. The van der Waals surface area contributed by atoms with Gasteiger partial charge in [-0.3, -0.25) is 9.00 Å².